The fourth-order valence-corrected chi connectivity index (χ4v) is 10.9. The van der Waals surface area contributed by atoms with E-state index < -0.39 is 212 Å². The van der Waals surface area contributed by atoms with E-state index in [1.54, 1.807) is 20.8 Å². The molecule has 2 fully saturated rings. The number of guanidine groups is 1. The number of nitrogens with two attached hydrogens (primary N) is 3. The number of hydrogen-bond donors (Lipinski definition) is 22. The Kier molecular flexibility index (Phi) is 35.4. The number of likely N-dealkylation sites (tertiary alicyclic amines) is 1. The Morgan fingerprint density at radius 3 is 1.94 bits per heavy atom. The van der Waals surface area contributed by atoms with Crippen molar-refractivity contribution in [3.8, 4) is 5.75 Å². The number of phenols is 1. The van der Waals surface area contributed by atoms with Crippen molar-refractivity contribution in [3.63, 3.8) is 0 Å². The molecule has 3 rings (SSSR count). The highest BCUT2D eigenvalue weighted by Crippen LogP contribution is 2.27. The van der Waals surface area contributed by atoms with E-state index in [1.807, 2.05) is 5.32 Å². The third-order valence-electron chi connectivity index (χ3n) is 15.2. The number of aromatic hydroxyl groups is 1. The van der Waals surface area contributed by atoms with Gasteiger partial charge in [0.25, 0.3) is 0 Å². The highest BCUT2D eigenvalue weighted by atomic mass is 32.2. The number of amides is 12. The molecule has 38 nitrogen and oxygen atoms in total. The van der Waals surface area contributed by atoms with Gasteiger partial charge in [0.05, 0.1) is 55.7 Å². The first kappa shape index (κ1) is 82.7. The summed E-state index contributed by atoms with van der Waals surface area (Å²) >= 11 is 0.841. The molecule has 2 saturated heterocycles. The number of imide groups is 2. The number of ether oxygens (including phenoxy) is 1. The minimum atomic E-state index is -2.07. The van der Waals surface area contributed by atoms with Crippen molar-refractivity contribution in [2.75, 3.05) is 45.1 Å². The van der Waals surface area contributed by atoms with Crippen molar-refractivity contribution < 1.29 is 108 Å². The lowest BCUT2D eigenvalue weighted by molar-refractivity contribution is -0.235. The first-order chi connectivity index (χ1) is 45.7. The minimum Gasteiger partial charge on any atom is -0.508 e. The van der Waals surface area contributed by atoms with Crippen molar-refractivity contribution in [2.24, 2.45) is 29.0 Å². The van der Waals surface area contributed by atoms with Crippen LogP contribution in [0.2, 0.25) is 0 Å². The van der Waals surface area contributed by atoms with Crippen molar-refractivity contribution in [1.82, 2.24) is 63.4 Å². The number of hydrogen-bond acceptors (Lipinski definition) is 26. The number of aliphatic hydroxyl groups excluding tert-OH is 5. The molecule has 0 aromatic heterocycles. The molecule has 542 valence electrons. The number of thioether (sulfide) groups is 1. The number of nitrogens with zero attached hydrogens (tertiary/aromatic N) is 1. The highest BCUT2D eigenvalue weighted by Gasteiger charge is 2.43. The van der Waals surface area contributed by atoms with Crippen molar-refractivity contribution >= 4 is 101 Å². The second-order valence-electron chi connectivity index (χ2n) is 23.5. The van der Waals surface area contributed by atoms with Gasteiger partial charge in [-0.2, -0.15) is 0 Å². The Hall–Kier alpha value is -8.54. The zero-order valence-corrected chi connectivity index (χ0v) is 54.8. The van der Waals surface area contributed by atoms with Crippen LogP contribution in [0.25, 0.3) is 0 Å². The summed E-state index contributed by atoms with van der Waals surface area (Å²) in [5, 5.41) is 103. The standard InChI is InChI=1S/C58H92N16O22S/c1-27(2)18-34(67-43(81)22-65-55(93)38(79)26-97-40-21-44(82)74(56(40)94)17-6-5-15-63-46-47(85)28(3)39(24-76)96-57(46)95)51(89)68-32(8-7-16-64-58(61)62)49(87)69-33(13-14-42(60)80)50(88)70-35(19-30-9-11-31(78)12-10-30)52(90)73-53(91)36(20-45(83)84)71-54(92)37(23-75)66-29(4)48(86)72-41(59)25-77/h9-12,25,27-29,32-41,46-47,57,63,66,75-76,78-79,85,95H,5-8,13-24,26,59H2,1-4H3,(H2,60,80)(H,65,93)(H,67,81)(H,68,89)(H,69,87)(H,70,88)(H,71,92)(H,72,86)(H,83,84)(H4,61,62,64)(H,73,90,91)/t28-,29?,32?,33?,34?,35?,36?,37?,38?,39-,40?,41?,46-,47+,57?/m1/s1. The van der Waals surface area contributed by atoms with Gasteiger partial charge in [-0.25, -0.2) is 0 Å². The molecule has 97 heavy (non-hydrogen) atoms. The number of aldehydes is 1. The number of carboxylic acid groups (broad SMARTS) is 1. The molecule has 2 aliphatic heterocycles. The maximum Gasteiger partial charge on any atom is 0.305 e. The first-order valence-electron chi connectivity index (χ1n) is 31.1. The number of nitrogens with one attached hydrogen (secondary N) is 12. The molecule has 12 amide bonds. The lowest BCUT2D eigenvalue weighted by atomic mass is 9.89. The van der Waals surface area contributed by atoms with Crippen molar-refractivity contribution in [2.45, 2.75) is 176 Å². The number of carbonyl (C=O) groups is 14. The SMILES string of the molecule is CC(C)CC(NC(=O)CNC(=O)C(O)CSC1CC(=O)N(CCCCN[C@H]2C(O)O[C@H](CO)[C@@H](C)[C@@H]2O)C1=O)C(=O)NC(CCCNC(=N)N)C(=O)NC(CCC(N)=O)C(=O)NC(Cc1ccc(O)cc1)C(=O)NC(=O)C(CC(=O)O)NC(=O)C(CO)NC(C)C(=O)NC(N)C=O. The Labute approximate surface area is 561 Å². The second kappa shape index (κ2) is 41.5. The van der Waals surface area contributed by atoms with Crippen LogP contribution in [0.3, 0.4) is 0 Å². The Morgan fingerprint density at radius 1 is 0.753 bits per heavy atom. The van der Waals surface area contributed by atoms with Crippen molar-refractivity contribution in [3.05, 3.63) is 29.8 Å². The number of carboxylic acids is 1. The fraction of sp³-hybridized carbons (Fsp3) is 0.638. The van der Waals surface area contributed by atoms with Crippen LogP contribution in [0.4, 0.5) is 0 Å². The summed E-state index contributed by atoms with van der Waals surface area (Å²) < 4.78 is 5.36. The predicted molar refractivity (Wildman–Crippen MR) is 340 cm³/mol. The number of unbranched alkanes of at least 4 members (excludes halogenated alkanes) is 1. The van der Waals surface area contributed by atoms with Crippen LogP contribution >= 0.6 is 11.8 Å². The lowest BCUT2D eigenvalue weighted by Gasteiger charge is -2.41. The zero-order valence-electron chi connectivity index (χ0n) is 54.0. The second-order valence-corrected chi connectivity index (χ2v) is 24.8. The van der Waals surface area contributed by atoms with Crippen LogP contribution in [0.15, 0.2) is 24.3 Å². The number of rotatable bonds is 43. The third kappa shape index (κ3) is 28.6. The van der Waals surface area contributed by atoms with Crippen LogP contribution < -0.4 is 75.7 Å². The lowest BCUT2D eigenvalue weighted by Crippen LogP contribution is -2.61. The van der Waals surface area contributed by atoms with E-state index in [1.165, 1.54) is 31.2 Å². The molecule has 11 unspecified atom stereocenters. The number of aliphatic hydroxyl groups is 5. The highest BCUT2D eigenvalue weighted by molar-refractivity contribution is 8.00. The molecular weight excluding hydrogens is 1300 g/mol. The molecule has 2 heterocycles. The normalized spacial score (nSPS) is 20.4. The van der Waals surface area contributed by atoms with Gasteiger partial charge in [0.15, 0.2) is 18.5 Å². The number of carbonyl (C=O) groups excluding carboxylic acids is 13. The van der Waals surface area contributed by atoms with Gasteiger partial charge >= 0.3 is 5.97 Å². The van der Waals surface area contributed by atoms with E-state index >= 15 is 0 Å². The minimum absolute atomic E-state index is 0.00775. The summed E-state index contributed by atoms with van der Waals surface area (Å²) in [5.41, 5.74) is 16.5. The van der Waals surface area contributed by atoms with Gasteiger partial charge in [-0.15, -0.1) is 11.8 Å². The molecule has 0 spiro atoms. The van der Waals surface area contributed by atoms with E-state index in [9.17, 15) is 103 Å². The van der Waals surface area contributed by atoms with Crippen LogP contribution in [0.1, 0.15) is 91.0 Å². The van der Waals surface area contributed by atoms with Gasteiger partial charge in [-0.1, -0.05) is 32.9 Å². The van der Waals surface area contributed by atoms with Crippen LogP contribution in [0.5, 0.6) is 5.75 Å². The summed E-state index contributed by atoms with van der Waals surface area (Å²) in [5.74, 6) is -15.7. The average molecular weight is 1400 g/mol. The van der Waals surface area contributed by atoms with E-state index in [-0.39, 0.29) is 81.2 Å². The molecular formula is C58H92N16O22S. The van der Waals surface area contributed by atoms with Gasteiger partial charge in [0.1, 0.15) is 54.3 Å². The van der Waals surface area contributed by atoms with E-state index in [0.29, 0.717) is 12.8 Å². The molecule has 25 N–H and O–H groups in total. The monoisotopic (exact) mass is 1400 g/mol. The van der Waals surface area contributed by atoms with Gasteiger partial charge in [0, 0.05) is 44.0 Å². The molecule has 0 saturated carbocycles. The van der Waals surface area contributed by atoms with Crippen LogP contribution in [-0.4, -0.2) is 259 Å². The largest absolute Gasteiger partial charge is 0.508 e. The summed E-state index contributed by atoms with van der Waals surface area (Å²) in [4.78, 5) is 185. The third-order valence-corrected chi connectivity index (χ3v) is 16.5. The molecule has 39 heteroatoms. The topological polar surface area (TPSA) is 627 Å². The summed E-state index contributed by atoms with van der Waals surface area (Å²) in [7, 11) is 0. The average Bonchev–Trinajstić information content (AvgIpc) is 1.75. The molecule has 0 bridgehead atoms. The smallest absolute Gasteiger partial charge is 0.305 e. The Balaban J connectivity index is 1.74. The first-order valence-corrected chi connectivity index (χ1v) is 32.1. The summed E-state index contributed by atoms with van der Waals surface area (Å²) in [6.07, 6.45) is -8.69. The number of phenolic OH excluding ortho intramolecular Hbond substituents is 1. The van der Waals surface area contributed by atoms with Crippen molar-refractivity contribution in [1.29, 1.82) is 5.41 Å². The molecule has 0 aliphatic carbocycles. The summed E-state index contributed by atoms with van der Waals surface area (Å²) in [6, 6.07) is -7.47. The molecule has 1 aromatic rings. The maximum absolute atomic E-state index is 14.3. The van der Waals surface area contributed by atoms with Crippen LogP contribution in [0, 0.1) is 17.2 Å². The molecule has 1 aromatic carbocycles. The quantitative estimate of drug-likeness (QED) is 0.00721. The maximum atomic E-state index is 14.3. The molecule has 15 atom stereocenters. The Bertz CT molecular complexity index is 2920. The predicted octanol–water partition coefficient (Wildman–Crippen LogP) is -9.23. The van der Waals surface area contributed by atoms with Gasteiger partial charge in [-0.05, 0) is 75.6 Å². The zero-order chi connectivity index (χ0) is 72.8. The van der Waals surface area contributed by atoms with E-state index in [2.05, 4.69) is 53.2 Å². The van der Waals surface area contributed by atoms with E-state index in [0.717, 1.165) is 16.7 Å². The molecule has 0 radical (unpaired) electrons. The summed E-state index contributed by atoms with van der Waals surface area (Å²) in [6.45, 7) is 4.36. The number of aliphatic carboxylic acids is 1. The van der Waals surface area contributed by atoms with E-state index in [4.69, 9.17) is 27.3 Å². The van der Waals surface area contributed by atoms with Crippen LogP contribution in [-0.2, 0) is 78.3 Å². The van der Waals surface area contributed by atoms with Gasteiger partial charge in [0.2, 0.25) is 70.9 Å². The Morgan fingerprint density at radius 2 is 1.35 bits per heavy atom. The van der Waals surface area contributed by atoms with Gasteiger partial charge in [-0.3, -0.25) is 88.1 Å². The fourth-order valence-electron chi connectivity index (χ4n) is 9.84. The number of primary amides is 1. The number of benzene rings is 1. The molecule has 2 aliphatic rings. The van der Waals surface area contributed by atoms with Gasteiger partial charge < -0.3 is 106 Å².